The molecule has 10 heteroatoms. The summed E-state index contributed by atoms with van der Waals surface area (Å²) in [5.41, 5.74) is 2.22. The lowest BCUT2D eigenvalue weighted by Gasteiger charge is -2.20. The minimum Gasteiger partial charge on any atom is -0.322 e. The van der Waals surface area contributed by atoms with Crippen LogP contribution in [0.3, 0.4) is 0 Å². The Kier molecular flexibility index (Phi) is 6.11. The molecule has 0 spiro atoms. The molecule has 2 rings (SSSR count). The van der Waals surface area contributed by atoms with Crippen LogP contribution in [0.4, 0.5) is 10.6 Å². The van der Waals surface area contributed by atoms with Gasteiger partial charge >= 0.3 is 6.03 Å². The molecule has 10 nitrogen and oxygen atoms in total. The SMILES string of the molecule is CCC1(C)NC(=O)N(NC(=O)CN(C)CC(=O)Nc2ccc(C)cn2)C1=O. The summed E-state index contributed by atoms with van der Waals surface area (Å²) in [5, 5.41) is 5.84. The normalized spacial score (nSPS) is 19.2. The average Bonchev–Trinajstić information content (AvgIpc) is 2.80. The molecule has 2 heterocycles. The van der Waals surface area contributed by atoms with Crippen molar-refractivity contribution in [3.63, 3.8) is 0 Å². The van der Waals surface area contributed by atoms with Gasteiger partial charge in [0.1, 0.15) is 11.4 Å². The Bertz CT molecular complexity index is 750. The molecule has 0 saturated carbocycles. The molecule has 1 atom stereocenters. The third kappa shape index (κ3) is 5.00. The monoisotopic (exact) mass is 376 g/mol. The van der Waals surface area contributed by atoms with Crippen molar-refractivity contribution in [3.05, 3.63) is 23.9 Å². The number of urea groups is 1. The van der Waals surface area contributed by atoms with Crippen molar-refractivity contribution >= 4 is 29.6 Å². The largest absolute Gasteiger partial charge is 0.344 e. The van der Waals surface area contributed by atoms with Crippen LogP contribution in [0.2, 0.25) is 0 Å². The molecule has 1 aliphatic heterocycles. The Morgan fingerprint density at radius 1 is 1.26 bits per heavy atom. The highest BCUT2D eigenvalue weighted by Gasteiger charge is 2.47. The summed E-state index contributed by atoms with van der Waals surface area (Å²) < 4.78 is 0. The first-order valence-electron chi connectivity index (χ1n) is 8.52. The van der Waals surface area contributed by atoms with Crippen LogP contribution < -0.4 is 16.1 Å². The Hall–Kier alpha value is -3.01. The fourth-order valence-corrected chi connectivity index (χ4v) is 2.46. The van der Waals surface area contributed by atoms with Gasteiger partial charge in [-0.2, -0.15) is 5.01 Å². The summed E-state index contributed by atoms with van der Waals surface area (Å²) in [6, 6.07) is 2.83. The summed E-state index contributed by atoms with van der Waals surface area (Å²) in [7, 11) is 1.57. The zero-order chi connectivity index (χ0) is 20.2. The zero-order valence-corrected chi connectivity index (χ0v) is 15.8. The molecule has 146 valence electrons. The van der Waals surface area contributed by atoms with Crippen LogP contribution in [0, 0.1) is 6.92 Å². The molecule has 1 aromatic heterocycles. The lowest BCUT2D eigenvalue weighted by molar-refractivity contribution is -0.139. The summed E-state index contributed by atoms with van der Waals surface area (Å²) in [4.78, 5) is 53.8. The van der Waals surface area contributed by atoms with Crippen molar-refractivity contribution < 1.29 is 19.2 Å². The Balaban J connectivity index is 1.83. The van der Waals surface area contributed by atoms with Crippen LogP contribution in [-0.4, -0.2) is 64.3 Å². The van der Waals surface area contributed by atoms with E-state index in [2.05, 4.69) is 21.0 Å². The zero-order valence-electron chi connectivity index (χ0n) is 15.8. The number of hydrogen-bond donors (Lipinski definition) is 3. The average molecular weight is 376 g/mol. The fourth-order valence-electron chi connectivity index (χ4n) is 2.46. The number of rotatable bonds is 7. The third-order valence-electron chi connectivity index (χ3n) is 4.21. The highest BCUT2D eigenvalue weighted by atomic mass is 16.2. The van der Waals surface area contributed by atoms with Crippen molar-refractivity contribution in [1.82, 2.24) is 25.6 Å². The van der Waals surface area contributed by atoms with Crippen LogP contribution in [-0.2, 0) is 14.4 Å². The van der Waals surface area contributed by atoms with Crippen LogP contribution >= 0.6 is 0 Å². The number of aromatic nitrogens is 1. The molecule has 1 saturated heterocycles. The Morgan fingerprint density at radius 3 is 2.48 bits per heavy atom. The number of carbonyl (C=O) groups is 4. The van der Waals surface area contributed by atoms with E-state index < -0.39 is 23.4 Å². The van der Waals surface area contributed by atoms with Crippen LogP contribution in [0.15, 0.2) is 18.3 Å². The van der Waals surface area contributed by atoms with Gasteiger partial charge in [-0.15, -0.1) is 0 Å². The van der Waals surface area contributed by atoms with Crippen molar-refractivity contribution in [2.45, 2.75) is 32.7 Å². The van der Waals surface area contributed by atoms with Crippen molar-refractivity contribution in [3.8, 4) is 0 Å². The fraction of sp³-hybridized carbons (Fsp3) is 0.471. The molecule has 5 amide bonds. The van der Waals surface area contributed by atoms with Gasteiger partial charge in [-0.25, -0.2) is 9.78 Å². The number of nitrogens with zero attached hydrogens (tertiary/aromatic N) is 3. The topological polar surface area (TPSA) is 124 Å². The first-order valence-corrected chi connectivity index (χ1v) is 8.52. The molecule has 1 aliphatic rings. The van der Waals surface area contributed by atoms with E-state index in [9.17, 15) is 19.2 Å². The second kappa shape index (κ2) is 8.12. The van der Waals surface area contributed by atoms with Gasteiger partial charge in [-0.3, -0.25) is 24.7 Å². The second-order valence-electron chi connectivity index (χ2n) is 6.73. The van der Waals surface area contributed by atoms with Crippen molar-refractivity contribution in [2.75, 3.05) is 25.5 Å². The van der Waals surface area contributed by atoms with Crippen LogP contribution in [0.1, 0.15) is 25.8 Å². The number of anilines is 1. The summed E-state index contributed by atoms with van der Waals surface area (Å²) in [5.74, 6) is -1.02. The predicted molar refractivity (Wildman–Crippen MR) is 97.3 cm³/mol. The van der Waals surface area contributed by atoms with Gasteiger partial charge in [0, 0.05) is 6.20 Å². The maximum absolute atomic E-state index is 12.2. The lowest BCUT2D eigenvalue weighted by atomic mass is 10.00. The van der Waals surface area contributed by atoms with E-state index in [-0.39, 0.29) is 19.0 Å². The van der Waals surface area contributed by atoms with Gasteiger partial charge in [-0.05, 0) is 38.9 Å². The number of nitrogens with one attached hydrogen (secondary N) is 3. The third-order valence-corrected chi connectivity index (χ3v) is 4.21. The first kappa shape index (κ1) is 20.3. The molecule has 1 aromatic rings. The molecule has 0 aliphatic carbocycles. The van der Waals surface area contributed by atoms with Gasteiger partial charge in [-0.1, -0.05) is 13.0 Å². The number of carbonyl (C=O) groups excluding carboxylic acids is 4. The standard InChI is InChI=1S/C17H24N6O4/c1-5-17(3)15(26)23(16(27)20-17)21-14(25)10-22(4)9-13(24)19-12-7-6-11(2)8-18-12/h6-8H,5,9-10H2,1-4H3,(H,20,27)(H,21,25)(H,18,19,24). The van der Waals surface area contributed by atoms with Crippen LogP contribution in [0.5, 0.6) is 0 Å². The van der Waals surface area contributed by atoms with E-state index in [0.29, 0.717) is 17.2 Å². The molecule has 27 heavy (non-hydrogen) atoms. The van der Waals surface area contributed by atoms with Gasteiger partial charge < -0.3 is 10.6 Å². The number of hydrogen-bond acceptors (Lipinski definition) is 6. The number of hydrazine groups is 1. The smallest absolute Gasteiger partial charge is 0.322 e. The first-order chi connectivity index (χ1) is 12.6. The van der Waals surface area contributed by atoms with E-state index in [1.165, 1.54) is 4.90 Å². The molecule has 1 fully saturated rings. The van der Waals surface area contributed by atoms with Gasteiger partial charge in [0.25, 0.3) is 11.8 Å². The molecule has 0 aromatic carbocycles. The summed E-state index contributed by atoms with van der Waals surface area (Å²) >= 11 is 0. The molecule has 0 radical (unpaired) electrons. The van der Waals surface area contributed by atoms with E-state index in [1.54, 1.807) is 33.2 Å². The number of imide groups is 1. The number of amides is 5. The minimum atomic E-state index is -1.03. The van der Waals surface area contributed by atoms with Crippen molar-refractivity contribution in [2.24, 2.45) is 0 Å². The Labute approximate surface area is 157 Å². The molecule has 3 N–H and O–H groups in total. The van der Waals surface area contributed by atoms with Crippen LogP contribution in [0.25, 0.3) is 0 Å². The molecular formula is C17H24N6O4. The quantitative estimate of drug-likeness (QED) is 0.576. The number of aryl methyl sites for hydroxylation is 1. The summed E-state index contributed by atoms with van der Waals surface area (Å²) in [6.07, 6.45) is 2.03. The predicted octanol–water partition coefficient (Wildman–Crippen LogP) is 0.0120. The van der Waals surface area contributed by atoms with E-state index >= 15 is 0 Å². The van der Waals surface area contributed by atoms with Crippen molar-refractivity contribution in [1.29, 1.82) is 0 Å². The van der Waals surface area contributed by atoms with Gasteiger partial charge in [0.15, 0.2) is 0 Å². The highest BCUT2D eigenvalue weighted by Crippen LogP contribution is 2.19. The summed E-state index contributed by atoms with van der Waals surface area (Å²) in [6.45, 7) is 5.01. The minimum absolute atomic E-state index is 0.0597. The van der Waals surface area contributed by atoms with Gasteiger partial charge in [0.05, 0.1) is 13.1 Å². The maximum Gasteiger partial charge on any atom is 0.344 e. The Morgan fingerprint density at radius 2 is 1.93 bits per heavy atom. The number of pyridine rings is 1. The van der Waals surface area contributed by atoms with E-state index in [0.717, 1.165) is 5.56 Å². The second-order valence-corrected chi connectivity index (χ2v) is 6.73. The molecular weight excluding hydrogens is 352 g/mol. The lowest BCUT2D eigenvalue weighted by Crippen LogP contribution is -2.51. The highest BCUT2D eigenvalue weighted by molar-refractivity contribution is 6.07. The molecule has 1 unspecified atom stereocenters. The maximum atomic E-state index is 12.2. The number of likely N-dealkylation sites (N-methyl/N-ethyl adjacent to an activating group) is 1. The molecule has 0 bridgehead atoms. The van der Waals surface area contributed by atoms with E-state index in [4.69, 9.17) is 0 Å². The van der Waals surface area contributed by atoms with Gasteiger partial charge in [0.2, 0.25) is 5.91 Å². The van der Waals surface area contributed by atoms with E-state index in [1.807, 2.05) is 13.0 Å².